The van der Waals surface area contributed by atoms with Crippen LogP contribution in [0.4, 0.5) is 19.0 Å². The van der Waals surface area contributed by atoms with Crippen molar-refractivity contribution < 1.29 is 32.2 Å². The highest BCUT2D eigenvalue weighted by Crippen LogP contribution is 2.34. The summed E-state index contributed by atoms with van der Waals surface area (Å²) in [5.41, 5.74) is 3.21. The maximum atomic E-state index is 13.3. The van der Waals surface area contributed by atoms with Gasteiger partial charge in [0.15, 0.2) is 11.7 Å². The topological polar surface area (TPSA) is 90.6 Å². The lowest BCUT2D eigenvalue weighted by Gasteiger charge is -2.38. The molecule has 0 saturated carbocycles. The normalized spacial score (nSPS) is 27.0. The number of aromatic amines is 1. The van der Waals surface area contributed by atoms with Crippen LogP contribution in [-0.4, -0.2) is 101 Å². The Balaban J connectivity index is 1.20. The van der Waals surface area contributed by atoms with Gasteiger partial charge in [-0.15, -0.1) is 0 Å². The lowest BCUT2D eigenvalue weighted by molar-refractivity contribution is -1.01. The number of carbonyl (C=O) groups is 2. The molecule has 9 nitrogen and oxygen atoms in total. The van der Waals surface area contributed by atoms with Crippen molar-refractivity contribution in [1.29, 1.82) is 0 Å². The first-order chi connectivity index (χ1) is 17.7. The number of aryl methyl sites for hydroxylation is 1. The second kappa shape index (κ2) is 10.3. The molecule has 3 aliphatic rings. The van der Waals surface area contributed by atoms with Gasteiger partial charge < -0.3 is 10.2 Å². The van der Waals surface area contributed by atoms with Crippen LogP contribution < -0.4 is 10.2 Å². The molecule has 1 aromatic carbocycles. The van der Waals surface area contributed by atoms with Gasteiger partial charge in [0.25, 0.3) is 0 Å². The SMILES string of the molecule is Cc1[nH]nc(N2CCN([C@@H]3CN[C@H](C(=O)[N+]4(OC(=O)C(F)(F)F)CCSC4)C3)CC2)c1-c1ccccc1. The molecular formula is C24H30F3N6O3S+. The molecule has 0 spiro atoms. The van der Waals surface area contributed by atoms with Gasteiger partial charge in [-0.1, -0.05) is 46.7 Å². The number of anilines is 1. The first kappa shape index (κ1) is 26.0. The van der Waals surface area contributed by atoms with Gasteiger partial charge in [-0.05, 0) is 18.9 Å². The zero-order valence-electron chi connectivity index (χ0n) is 20.5. The van der Waals surface area contributed by atoms with Crippen LogP contribution in [0.25, 0.3) is 11.1 Å². The number of carbonyl (C=O) groups excluding carboxylic acids is 2. The van der Waals surface area contributed by atoms with E-state index in [1.165, 1.54) is 11.8 Å². The maximum Gasteiger partial charge on any atom is 0.497 e. The molecule has 5 rings (SSSR count). The number of hydroxylamine groups is 3. The zero-order valence-corrected chi connectivity index (χ0v) is 21.3. The van der Waals surface area contributed by atoms with E-state index in [1.807, 2.05) is 25.1 Å². The van der Waals surface area contributed by atoms with E-state index in [4.69, 9.17) is 4.84 Å². The molecule has 1 aromatic heterocycles. The quantitative estimate of drug-likeness (QED) is 0.573. The lowest BCUT2D eigenvalue weighted by atomic mass is 10.0. The number of quaternary nitrogens is 1. The van der Waals surface area contributed by atoms with Gasteiger partial charge in [-0.2, -0.15) is 18.3 Å². The van der Waals surface area contributed by atoms with E-state index in [0.717, 1.165) is 48.8 Å². The Labute approximate surface area is 216 Å². The van der Waals surface area contributed by atoms with Crippen molar-refractivity contribution in [1.82, 2.24) is 20.4 Å². The van der Waals surface area contributed by atoms with Crippen LogP contribution in [0, 0.1) is 6.92 Å². The van der Waals surface area contributed by atoms with Gasteiger partial charge in [0.1, 0.15) is 12.6 Å². The van der Waals surface area contributed by atoms with Gasteiger partial charge in [0.2, 0.25) is 0 Å². The summed E-state index contributed by atoms with van der Waals surface area (Å²) in [6.07, 6.45) is -4.68. The zero-order chi connectivity index (χ0) is 26.2. The molecule has 0 bridgehead atoms. The molecule has 13 heteroatoms. The van der Waals surface area contributed by atoms with E-state index in [-0.39, 0.29) is 18.5 Å². The Bertz CT molecular complexity index is 1130. The maximum absolute atomic E-state index is 13.3. The van der Waals surface area contributed by atoms with Crippen molar-refractivity contribution in [2.45, 2.75) is 31.6 Å². The first-order valence-electron chi connectivity index (χ1n) is 12.3. The third-order valence-corrected chi connectivity index (χ3v) is 8.38. The predicted molar refractivity (Wildman–Crippen MR) is 132 cm³/mol. The molecule has 0 radical (unpaired) electrons. The van der Waals surface area contributed by atoms with Gasteiger partial charge in [-0.3, -0.25) is 14.8 Å². The van der Waals surface area contributed by atoms with Gasteiger partial charge in [0.05, 0.1) is 5.75 Å². The third-order valence-electron chi connectivity index (χ3n) is 7.31. The number of H-pyrrole nitrogens is 1. The number of nitrogens with one attached hydrogen (secondary N) is 2. The molecule has 3 aliphatic heterocycles. The number of aromatic nitrogens is 2. The fraction of sp³-hybridized carbons (Fsp3) is 0.542. The van der Waals surface area contributed by atoms with Gasteiger partial charge in [-0.25, -0.2) is 9.59 Å². The van der Waals surface area contributed by atoms with E-state index in [0.29, 0.717) is 18.7 Å². The van der Waals surface area contributed by atoms with Crippen molar-refractivity contribution in [3.05, 3.63) is 36.0 Å². The Morgan fingerprint density at radius 3 is 2.54 bits per heavy atom. The molecular weight excluding hydrogens is 509 g/mol. The van der Waals surface area contributed by atoms with E-state index >= 15 is 0 Å². The van der Waals surface area contributed by atoms with Crippen molar-refractivity contribution in [3.8, 4) is 11.1 Å². The number of piperazine rings is 1. The number of alkyl halides is 3. The molecule has 1 amide bonds. The van der Waals surface area contributed by atoms with Crippen molar-refractivity contribution in [2.75, 3.05) is 55.8 Å². The molecule has 2 N–H and O–H groups in total. The Morgan fingerprint density at radius 1 is 1.16 bits per heavy atom. The van der Waals surface area contributed by atoms with E-state index in [2.05, 4.69) is 37.4 Å². The third kappa shape index (κ3) is 5.22. The fourth-order valence-electron chi connectivity index (χ4n) is 5.35. The summed E-state index contributed by atoms with van der Waals surface area (Å²) in [5.74, 6) is -1.46. The molecule has 3 atom stereocenters. The minimum absolute atomic E-state index is 0.00496. The molecule has 3 fully saturated rings. The molecule has 0 aliphatic carbocycles. The molecule has 3 saturated heterocycles. The van der Waals surface area contributed by atoms with Crippen molar-refractivity contribution in [2.24, 2.45) is 0 Å². The smallest absolute Gasteiger partial charge is 0.352 e. The Morgan fingerprint density at radius 2 is 1.89 bits per heavy atom. The van der Waals surface area contributed by atoms with Crippen molar-refractivity contribution in [3.63, 3.8) is 0 Å². The van der Waals surface area contributed by atoms with Gasteiger partial charge in [0, 0.05) is 50.0 Å². The summed E-state index contributed by atoms with van der Waals surface area (Å²) in [5, 5.41) is 10.8. The van der Waals surface area contributed by atoms with Crippen LogP contribution in [0.2, 0.25) is 0 Å². The van der Waals surface area contributed by atoms with Crippen LogP contribution in [0.3, 0.4) is 0 Å². The molecule has 1 unspecified atom stereocenters. The van der Waals surface area contributed by atoms with Crippen LogP contribution in [-0.2, 0) is 14.4 Å². The van der Waals surface area contributed by atoms with E-state index < -0.39 is 28.7 Å². The number of hydrogen-bond donors (Lipinski definition) is 2. The molecule has 2 aromatic rings. The van der Waals surface area contributed by atoms with Crippen LogP contribution in [0.5, 0.6) is 0 Å². The summed E-state index contributed by atoms with van der Waals surface area (Å²) in [7, 11) is 0. The Hall–Kier alpha value is -2.61. The lowest BCUT2D eigenvalue weighted by Crippen LogP contribution is -2.59. The number of rotatable bonds is 4. The minimum Gasteiger partial charge on any atom is -0.352 e. The second-order valence-corrected chi connectivity index (χ2v) is 10.7. The van der Waals surface area contributed by atoms with Crippen molar-refractivity contribution >= 4 is 29.5 Å². The number of amides is 1. The van der Waals surface area contributed by atoms with Crippen LogP contribution in [0.15, 0.2) is 30.3 Å². The van der Waals surface area contributed by atoms with E-state index in [9.17, 15) is 22.8 Å². The molecule has 37 heavy (non-hydrogen) atoms. The molecule has 200 valence electrons. The summed E-state index contributed by atoms with van der Waals surface area (Å²) < 4.78 is 37.7. The predicted octanol–water partition coefficient (Wildman–Crippen LogP) is 2.31. The fourth-order valence-corrected chi connectivity index (χ4v) is 6.51. The largest absolute Gasteiger partial charge is 0.497 e. The van der Waals surface area contributed by atoms with Gasteiger partial charge >= 0.3 is 18.1 Å². The molecule has 4 heterocycles. The Kier molecular flexibility index (Phi) is 7.22. The summed E-state index contributed by atoms with van der Waals surface area (Å²) in [6, 6.07) is 9.54. The standard InChI is InChI=1S/C24H30F3N6O3S/c1-16-20(17-5-3-2-4-6-17)21(30-29-16)32-9-7-31(8-10-32)18-13-19(28-14-18)22(34)33(11-12-37-15-33)36-23(35)24(25,26)27/h2-6,18-19,28H,7-15H2,1H3,(H,29,30)/q+1/t18-,19-,33?/m0/s1. The minimum atomic E-state index is -5.14. The number of thioether (sulfide) groups is 1. The van der Waals surface area contributed by atoms with Crippen LogP contribution >= 0.6 is 11.8 Å². The number of hydrogen-bond acceptors (Lipinski definition) is 8. The average Bonchev–Trinajstić information content (AvgIpc) is 3.64. The number of benzene rings is 1. The highest BCUT2D eigenvalue weighted by molar-refractivity contribution is 7.99. The highest BCUT2D eigenvalue weighted by Gasteiger charge is 2.55. The average molecular weight is 540 g/mol. The number of nitrogens with zero attached hydrogens (tertiary/aromatic N) is 4. The highest BCUT2D eigenvalue weighted by atomic mass is 32.2. The monoisotopic (exact) mass is 539 g/mol. The second-order valence-electron chi connectivity index (χ2n) is 9.65. The summed E-state index contributed by atoms with van der Waals surface area (Å²) in [6.45, 7) is 5.67. The summed E-state index contributed by atoms with van der Waals surface area (Å²) >= 11 is 1.30. The summed E-state index contributed by atoms with van der Waals surface area (Å²) in [4.78, 5) is 34.2. The van der Waals surface area contributed by atoms with E-state index in [1.54, 1.807) is 0 Å². The van der Waals surface area contributed by atoms with Crippen LogP contribution in [0.1, 0.15) is 12.1 Å². The number of halogens is 3. The first-order valence-corrected chi connectivity index (χ1v) is 13.5.